The zero-order valence-corrected chi connectivity index (χ0v) is 9.49. The molecule has 17 heavy (non-hydrogen) atoms. The summed E-state index contributed by atoms with van der Waals surface area (Å²) in [5.41, 5.74) is 1.15. The molecule has 4 heteroatoms. The molecule has 0 N–H and O–H groups in total. The summed E-state index contributed by atoms with van der Waals surface area (Å²) in [7, 11) is 0. The number of nitroso groups, excluding NO2 is 1. The number of fused-ring (bicyclic) bond motifs is 1. The predicted octanol–water partition coefficient (Wildman–Crippen LogP) is 2.13. The van der Waals surface area contributed by atoms with E-state index in [0.29, 0.717) is 13.2 Å². The highest BCUT2D eigenvalue weighted by atomic mass is 16.6. The molecule has 1 saturated heterocycles. The van der Waals surface area contributed by atoms with Crippen LogP contribution < -0.4 is 0 Å². The van der Waals surface area contributed by atoms with E-state index >= 15 is 0 Å². The lowest BCUT2D eigenvalue weighted by molar-refractivity contribution is 0.0651. The summed E-state index contributed by atoms with van der Waals surface area (Å²) in [6, 6.07) is 9.90. The predicted molar refractivity (Wildman–Crippen MR) is 62.4 cm³/mol. The molecule has 1 saturated carbocycles. The van der Waals surface area contributed by atoms with Crippen LogP contribution in [0.25, 0.3) is 0 Å². The molecule has 2 fully saturated rings. The molecule has 4 nitrogen and oxygen atoms in total. The standard InChI is InChI=1S/C13H15NO3/c15-14-11-6-12-13(17-12)10(11)8-16-7-9-4-2-1-3-5-9/h1-5,10-13H,6-8H2/t10-,11+,12-,13?/m1/s1. The van der Waals surface area contributed by atoms with E-state index in [0.717, 1.165) is 12.0 Å². The number of rotatable bonds is 5. The van der Waals surface area contributed by atoms with Crippen molar-refractivity contribution >= 4 is 0 Å². The van der Waals surface area contributed by atoms with Crippen LogP contribution in [-0.2, 0) is 16.1 Å². The lowest BCUT2D eigenvalue weighted by atomic mass is 10.0. The Morgan fingerprint density at radius 2 is 2.18 bits per heavy atom. The molecule has 1 aliphatic carbocycles. The van der Waals surface area contributed by atoms with Crippen LogP contribution in [-0.4, -0.2) is 24.9 Å². The molecule has 0 aromatic heterocycles. The van der Waals surface area contributed by atoms with Gasteiger partial charge in [0.1, 0.15) is 6.04 Å². The number of epoxide rings is 1. The second-order valence-corrected chi connectivity index (χ2v) is 4.71. The zero-order chi connectivity index (χ0) is 11.7. The number of hydrogen-bond acceptors (Lipinski definition) is 4. The fourth-order valence-electron chi connectivity index (χ4n) is 2.57. The second-order valence-electron chi connectivity index (χ2n) is 4.71. The van der Waals surface area contributed by atoms with Gasteiger partial charge in [-0.3, -0.25) is 0 Å². The Labute approximate surface area is 99.9 Å². The van der Waals surface area contributed by atoms with Crippen molar-refractivity contribution in [3.8, 4) is 0 Å². The molecule has 3 rings (SSSR count). The van der Waals surface area contributed by atoms with Gasteiger partial charge in [0, 0.05) is 12.3 Å². The summed E-state index contributed by atoms with van der Waals surface area (Å²) in [5.74, 6) is 0.154. The van der Waals surface area contributed by atoms with Crippen LogP contribution >= 0.6 is 0 Å². The van der Waals surface area contributed by atoms with Crippen LogP contribution in [0.4, 0.5) is 0 Å². The van der Waals surface area contributed by atoms with Gasteiger partial charge < -0.3 is 9.47 Å². The minimum absolute atomic E-state index is 0.116. The maximum Gasteiger partial charge on any atom is 0.102 e. The SMILES string of the molecule is O=N[C@H]1C[C@H]2OC2[C@@H]1COCc1ccccc1. The van der Waals surface area contributed by atoms with Crippen LogP contribution in [0, 0.1) is 10.8 Å². The van der Waals surface area contributed by atoms with E-state index in [1.54, 1.807) is 0 Å². The largest absolute Gasteiger partial charge is 0.376 e. The van der Waals surface area contributed by atoms with Crippen molar-refractivity contribution < 1.29 is 9.47 Å². The van der Waals surface area contributed by atoms with Crippen molar-refractivity contribution in [2.75, 3.05) is 6.61 Å². The number of benzene rings is 1. The summed E-state index contributed by atoms with van der Waals surface area (Å²) in [6.45, 7) is 1.15. The topological polar surface area (TPSA) is 51.2 Å². The fraction of sp³-hybridized carbons (Fsp3) is 0.538. The van der Waals surface area contributed by atoms with Crippen LogP contribution in [0.3, 0.4) is 0 Å². The monoisotopic (exact) mass is 233 g/mol. The summed E-state index contributed by atoms with van der Waals surface area (Å²) in [4.78, 5) is 10.7. The Balaban J connectivity index is 1.49. The number of nitrogens with zero attached hydrogens (tertiary/aromatic N) is 1. The Morgan fingerprint density at radius 1 is 1.35 bits per heavy atom. The molecule has 0 amide bonds. The van der Waals surface area contributed by atoms with Gasteiger partial charge in [0.05, 0.1) is 25.4 Å². The molecule has 4 atom stereocenters. The van der Waals surface area contributed by atoms with Crippen LogP contribution in [0.1, 0.15) is 12.0 Å². The Bertz CT molecular complexity index is 395. The van der Waals surface area contributed by atoms with Crippen molar-refractivity contribution in [2.45, 2.75) is 31.3 Å². The van der Waals surface area contributed by atoms with E-state index in [4.69, 9.17) is 9.47 Å². The maximum absolute atomic E-state index is 10.7. The fourth-order valence-corrected chi connectivity index (χ4v) is 2.57. The highest BCUT2D eigenvalue weighted by Gasteiger charge is 2.56. The van der Waals surface area contributed by atoms with Crippen molar-refractivity contribution in [1.82, 2.24) is 0 Å². The van der Waals surface area contributed by atoms with Crippen LogP contribution in [0.15, 0.2) is 35.5 Å². The molecule has 90 valence electrons. The van der Waals surface area contributed by atoms with Crippen LogP contribution in [0.5, 0.6) is 0 Å². The molecule has 0 spiro atoms. The van der Waals surface area contributed by atoms with E-state index < -0.39 is 0 Å². The molecular weight excluding hydrogens is 218 g/mol. The van der Waals surface area contributed by atoms with Crippen LogP contribution in [0.2, 0.25) is 0 Å². The summed E-state index contributed by atoms with van der Waals surface area (Å²) in [5, 5.41) is 3.17. The first-order valence-electron chi connectivity index (χ1n) is 5.98. The molecule has 1 aliphatic heterocycles. The van der Waals surface area contributed by atoms with Crippen molar-refractivity contribution in [3.63, 3.8) is 0 Å². The third kappa shape index (κ3) is 2.23. The van der Waals surface area contributed by atoms with Gasteiger partial charge in [-0.2, -0.15) is 4.91 Å². The quantitative estimate of drug-likeness (QED) is 0.578. The first-order chi connectivity index (χ1) is 8.38. The van der Waals surface area contributed by atoms with E-state index in [1.807, 2.05) is 30.3 Å². The van der Waals surface area contributed by atoms with E-state index in [-0.39, 0.29) is 24.2 Å². The average molecular weight is 233 g/mol. The smallest absolute Gasteiger partial charge is 0.102 e. The Hall–Kier alpha value is -1.26. The lowest BCUT2D eigenvalue weighted by Crippen LogP contribution is -2.23. The normalized spacial score (nSPS) is 34.4. The summed E-state index contributed by atoms with van der Waals surface area (Å²) in [6.07, 6.45) is 1.25. The Kier molecular flexibility index (Phi) is 2.91. The highest BCUT2D eigenvalue weighted by Crippen LogP contribution is 2.44. The molecule has 1 unspecified atom stereocenters. The van der Waals surface area contributed by atoms with Gasteiger partial charge in [0.25, 0.3) is 0 Å². The molecule has 0 radical (unpaired) electrons. The van der Waals surface area contributed by atoms with Crippen molar-refractivity contribution in [1.29, 1.82) is 0 Å². The molecule has 1 aromatic carbocycles. The maximum atomic E-state index is 10.7. The van der Waals surface area contributed by atoms with Crippen molar-refractivity contribution in [2.24, 2.45) is 11.1 Å². The van der Waals surface area contributed by atoms with Gasteiger partial charge >= 0.3 is 0 Å². The first-order valence-corrected chi connectivity index (χ1v) is 5.98. The number of ether oxygens (including phenoxy) is 2. The van der Waals surface area contributed by atoms with Crippen molar-refractivity contribution in [3.05, 3.63) is 40.8 Å². The number of hydrogen-bond donors (Lipinski definition) is 0. The van der Waals surface area contributed by atoms with E-state index in [2.05, 4.69) is 5.18 Å². The van der Waals surface area contributed by atoms with Gasteiger partial charge in [-0.15, -0.1) is 0 Å². The van der Waals surface area contributed by atoms with Gasteiger partial charge in [0.15, 0.2) is 0 Å². The minimum Gasteiger partial charge on any atom is -0.376 e. The van der Waals surface area contributed by atoms with E-state index in [9.17, 15) is 4.91 Å². The highest BCUT2D eigenvalue weighted by molar-refractivity contribution is 5.13. The lowest BCUT2D eigenvalue weighted by Gasteiger charge is -2.15. The molecule has 2 aliphatic rings. The van der Waals surface area contributed by atoms with Gasteiger partial charge in [0.2, 0.25) is 0 Å². The summed E-state index contributed by atoms with van der Waals surface area (Å²) >= 11 is 0. The minimum atomic E-state index is -0.116. The first kappa shape index (κ1) is 10.9. The molecule has 1 aromatic rings. The summed E-state index contributed by atoms with van der Waals surface area (Å²) < 4.78 is 11.1. The average Bonchev–Trinajstić information content (AvgIpc) is 3.06. The zero-order valence-electron chi connectivity index (χ0n) is 9.49. The molecule has 1 heterocycles. The van der Waals surface area contributed by atoms with Gasteiger partial charge in [-0.25, -0.2) is 0 Å². The second kappa shape index (κ2) is 4.55. The third-order valence-corrected chi connectivity index (χ3v) is 3.57. The van der Waals surface area contributed by atoms with Gasteiger partial charge in [-0.05, 0) is 5.56 Å². The van der Waals surface area contributed by atoms with Gasteiger partial charge in [-0.1, -0.05) is 35.5 Å². The van der Waals surface area contributed by atoms with E-state index in [1.165, 1.54) is 0 Å². The Morgan fingerprint density at radius 3 is 2.94 bits per heavy atom. The molecule has 0 bridgehead atoms. The molecular formula is C13H15NO3. The third-order valence-electron chi connectivity index (χ3n) is 3.57.